The van der Waals surface area contributed by atoms with Gasteiger partial charge >= 0.3 is 0 Å². The van der Waals surface area contributed by atoms with Crippen molar-refractivity contribution < 1.29 is 14.3 Å². The van der Waals surface area contributed by atoms with Gasteiger partial charge in [-0.15, -0.1) is 0 Å². The maximum absolute atomic E-state index is 11.8. The molecule has 0 aliphatic carbocycles. The number of carbonyl (C=O) groups is 1. The van der Waals surface area contributed by atoms with Crippen molar-refractivity contribution in [1.82, 2.24) is 4.90 Å². The van der Waals surface area contributed by atoms with Crippen LogP contribution in [0.5, 0.6) is 0 Å². The van der Waals surface area contributed by atoms with Crippen molar-refractivity contribution in [1.29, 1.82) is 0 Å². The average molecular weight is 229 g/mol. The van der Waals surface area contributed by atoms with Crippen molar-refractivity contribution in [3.63, 3.8) is 0 Å². The number of hydrogen-bond donors (Lipinski definition) is 0. The summed E-state index contributed by atoms with van der Waals surface area (Å²) in [5.74, 6) is 0.214. The van der Waals surface area contributed by atoms with E-state index in [0.717, 1.165) is 39.0 Å². The molecule has 1 aliphatic heterocycles. The summed E-state index contributed by atoms with van der Waals surface area (Å²) in [7, 11) is 1.74. The van der Waals surface area contributed by atoms with Crippen LogP contribution in [0.4, 0.5) is 0 Å². The molecule has 0 aromatic heterocycles. The van der Waals surface area contributed by atoms with Crippen LogP contribution in [-0.2, 0) is 14.3 Å². The third-order valence-electron chi connectivity index (χ3n) is 2.94. The predicted octanol–water partition coefficient (Wildman–Crippen LogP) is 1.44. The van der Waals surface area contributed by atoms with Gasteiger partial charge in [-0.2, -0.15) is 0 Å². The molecule has 1 aliphatic rings. The number of carbonyl (C=O) groups excluding carboxylic acids is 1. The van der Waals surface area contributed by atoms with Crippen molar-refractivity contribution >= 4 is 5.91 Å². The van der Waals surface area contributed by atoms with Crippen LogP contribution in [0.2, 0.25) is 0 Å². The van der Waals surface area contributed by atoms with Crippen LogP contribution >= 0.6 is 0 Å². The maximum Gasteiger partial charge on any atom is 0.224 e. The standard InChI is InChI=1S/C12H23NO3/c1-3-9-16-10-6-12(14)13-7-4-11(15-2)5-8-13/h11H,3-10H2,1-2H3. The summed E-state index contributed by atoms with van der Waals surface area (Å²) >= 11 is 0. The highest BCUT2D eigenvalue weighted by atomic mass is 16.5. The zero-order chi connectivity index (χ0) is 11.8. The van der Waals surface area contributed by atoms with Gasteiger partial charge < -0.3 is 14.4 Å². The molecule has 0 unspecified atom stereocenters. The van der Waals surface area contributed by atoms with Crippen molar-refractivity contribution in [3.05, 3.63) is 0 Å². The molecule has 1 amide bonds. The molecular weight excluding hydrogens is 206 g/mol. The second kappa shape index (κ2) is 7.63. The molecule has 1 heterocycles. The van der Waals surface area contributed by atoms with Crippen molar-refractivity contribution in [2.45, 2.75) is 38.7 Å². The van der Waals surface area contributed by atoms with E-state index in [4.69, 9.17) is 9.47 Å². The number of ether oxygens (including phenoxy) is 2. The van der Waals surface area contributed by atoms with Crippen molar-refractivity contribution in [2.75, 3.05) is 33.4 Å². The van der Waals surface area contributed by atoms with Crippen molar-refractivity contribution in [3.8, 4) is 0 Å². The maximum atomic E-state index is 11.8. The lowest BCUT2D eigenvalue weighted by Gasteiger charge is -2.31. The largest absolute Gasteiger partial charge is 0.381 e. The topological polar surface area (TPSA) is 38.8 Å². The first-order chi connectivity index (χ1) is 7.77. The van der Waals surface area contributed by atoms with Gasteiger partial charge in [0.15, 0.2) is 0 Å². The summed E-state index contributed by atoms with van der Waals surface area (Å²) in [5, 5.41) is 0. The molecule has 0 bridgehead atoms. The first kappa shape index (κ1) is 13.5. The number of amides is 1. The Morgan fingerprint density at radius 1 is 1.31 bits per heavy atom. The second-order valence-corrected chi connectivity index (χ2v) is 4.18. The molecule has 4 heteroatoms. The fourth-order valence-corrected chi connectivity index (χ4v) is 1.90. The molecule has 94 valence electrons. The Labute approximate surface area is 97.9 Å². The number of hydrogen-bond acceptors (Lipinski definition) is 3. The van der Waals surface area contributed by atoms with Crippen LogP contribution in [0.1, 0.15) is 32.6 Å². The quantitative estimate of drug-likeness (QED) is 0.647. The Kier molecular flexibility index (Phi) is 6.42. The third-order valence-corrected chi connectivity index (χ3v) is 2.94. The normalized spacial score (nSPS) is 17.8. The van der Waals surface area contributed by atoms with Gasteiger partial charge in [-0.1, -0.05) is 6.92 Å². The van der Waals surface area contributed by atoms with Gasteiger partial charge in [0, 0.05) is 26.8 Å². The Balaban J connectivity index is 2.13. The highest BCUT2D eigenvalue weighted by Gasteiger charge is 2.21. The van der Waals surface area contributed by atoms with E-state index in [1.165, 1.54) is 0 Å². The van der Waals surface area contributed by atoms with Gasteiger partial charge in [-0.05, 0) is 19.3 Å². The smallest absolute Gasteiger partial charge is 0.224 e. The minimum atomic E-state index is 0.214. The second-order valence-electron chi connectivity index (χ2n) is 4.18. The molecule has 0 aromatic carbocycles. The molecule has 0 N–H and O–H groups in total. The lowest BCUT2D eigenvalue weighted by molar-refractivity contribution is -0.134. The van der Waals surface area contributed by atoms with E-state index in [1.54, 1.807) is 7.11 Å². The minimum absolute atomic E-state index is 0.214. The summed E-state index contributed by atoms with van der Waals surface area (Å²) in [6, 6.07) is 0. The van der Waals surface area contributed by atoms with Crippen LogP contribution < -0.4 is 0 Å². The van der Waals surface area contributed by atoms with Crippen molar-refractivity contribution in [2.24, 2.45) is 0 Å². The van der Waals surface area contributed by atoms with Gasteiger partial charge in [0.2, 0.25) is 5.91 Å². The Morgan fingerprint density at radius 3 is 2.56 bits per heavy atom. The molecular formula is C12H23NO3. The van der Waals surface area contributed by atoms with E-state index in [0.29, 0.717) is 19.1 Å². The molecule has 16 heavy (non-hydrogen) atoms. The number of piperidine rings is 1. The SMILES string of the molecule is CCCOCCC(=O)N1CCC(OC)CC1. The zero-order valence-electron chi connectivity index (χ0n) is 10.4. The molecule has 1 fully saturated rings. The Hall–Kier alpha value is -0.610. The number of likely N-dealkylation sites (tertiary alicyclic amines) is 1. The molecule has 0 atom stereocenters. The molecule has 1 saturated heterocycles. The third kappa shape index (κ3) is 4.49. The first-order valence-corrected chi connectivity index (χ1v) is 6.16. The predicted molar refractivity (Wildman–Crippen MR) is 62.3 cm³/mol. The summed E-state index contributed by atoms with van der Waals surface area (Å²) in [6.07, 6.45) is 3.77. The van der Waals surface area contributed by atoms with E-state index in [2.05, 4.69) is 6.92 Å². The van der Waals surface area contributed by atoms with Crippen LogP contribution in [0, 0.1) is 0 Å². The summed E-state index contributed by atoms with van der Waals surface area (Å²) < 4.78 is 10.6. The Morgan fingerprint density at radius 2 is 2.00 bits per heavy atom. The summed E-state index contributed by atoms with van der Waals surface area (Å²) in [6.45, 7) is 5.02. The summed E-state index contributed by atoms with van der Waals surface area (Å²) in [5.41, 5.74) is 0. The van der Waals surface area contributed by atoms with Gasteiger partial charge in [0.25, 0.3) is 0 Å². The van der Waals surface area contributed by atoms with Gasteiger partial charge in [-0.3, -0.25) is 4.79 Å². The molecule has 0 aromatic rings. The zero-order valence-corrected chi connectivity index (χ0v) is 10.4. The van der Waals surface area contributed by atoms with Crippen LogP contribution in [0.15, 0.2) is 0 Å². The first-order valence-electron chi connectivity index (χ1n) is 6.16. The van der Waals surface area contributed by atoms with Gasteiger partial charge in [-0.25, -0.2) is 0 Å². The molecule has 0 radical (unpaired) electrons. The highest BCUT2D eigenvalue weighted by molar-refractivity contribution is 5.76. The molecule has 1 rings (SSSR count). The van der Waals surface area contributed by atoms with Gasteiger partial charge in [0.1, 0.15) is 0 Å². The number of methoxy groups -OCH3 is 1. The lowest BCUT2D eigenvalue weighted by atomic mass is 10.1. The molecule has 4 nitrogen and oxygen atoms in total. The number of rotatable bonds is 6. The van der Waals surface area contributed by atoms with E-state index < -0.39 is 0 Å². The highest BCUT2D eigenvalue weighted by Crippen LogP contribution is 2.13. The van der Waals surface area contributed by atoms with Crippen LogP contribution in [0.25, 0.3) is 0 Å². The molecule has 0 spiro atoms. The van der Waals surface area contributed by atoms with Gasteiger partial charge in [0.05, 0.1) is 19.1 Å². The average Bonchev–Trinajstić information content (AvgIpc) is 2.34. The minimum Gasteiger partial charge on any atom is -0.381 e. The van der Waals surface area contributed by atoms with Crippen LogP contribution in [0.3, 0.4) is 0 Å². The fourth-order valence-electron chi connectivity index (χ4n) is 1.90. The summed E-state index contributed by atoms with van der Waals surface area (Å²) in [4.78, 5) is 13.7. The van der Waals surface area contributed by atoms with E-state index in [9.17, 15) is 4.79 Å². The van der Waals surface area contributed by atoms with Crippen LogP contribution in [-0.4, -0.2) is 50.3 Å². The van der Waals surface area contributed by atoms with E-state index >= 15 is 0 Å². The number of nitrogens with zero attached hydrogens (tertiary/aromatic N) is 1. The fraction of sp³-hybridized carbons (Fsp3) is 0.917. The monoisotopic (exact) mass is 229 g/mol. The molecule has 0 saturated carbocycles. The van der Waals surface area contributed by atoms with E-state index in [-0.39, 0.29) is 5.91 Å². The lowest BCUT2D eigenvalue weighted by Crippen LogP contribution is -2.40. The Bertz CT molecular complexity index is 200. The van der Waals surface area contributed by atoms with E-state index in [1.807, 2.05) is 4.90 Å².